The van der Waals surface area contributed by atoms with E-state index in [2.05, 4.69) is 0 Å². The van der Waals surface area contributed by atoms with Gasteiger partial charge in [-0.1, -0.05) is 32.1 Å². The Labute approximate surface area is 146 Å². The van der Waals surface area contributed by atoms with E-state index >= 15 is 0 Å². The van der Waals surface area contributed by atoms with Crippen LogP contribution in [0.3, 0.4) is 0 Å². The molecule has 0 amide bonds. The van der Waals surface area contributed by atoms with Gasteiger partial charge in [-0.15, -0.1) is 0 Å². The molecule has 1 rings (SSSR count). The molecular formula is C18H36O6. The summed E-state index contributed by atoms with van der Waals surface area (Å²) in [5, 5.41) is 8.53. The van der Waals surface area contributed by atoms with Crippen molar-refractivity contribution in [3.05, 3.63) is 0 Å². The van der Waals surface area contributed by atoms with E-state index in [0.29, 0.717) is 65.6 Å². The molecule has 0 heterocycles. The first-order valence-corrected chi connectivity index (χ1v) is 9.47. The van der Waals surface area contributed by atoms with Crippen molar-refractivity contribution in [2.75, 3.05) is 66.1 Å². The highest BCUT2D eigenvalue weighted by Gasteiger charge is 2.11. The standard InChI is InChI=1S/C18H36O6/c19-8-9-20-10-11-21-12-13-22-14-15-23-16-17-24-18-6-4-2-1-3-5-7-18/h18-19H,1-17H2. The molecule has 0 spiro atoms. The van der Waals surface area contributed by atoms with E-state index in [4.69, 9.17) is 28.8 Å². The van der Waals surface area contributed by atoms with Crippen molar-refractivity contribution in [3.63, 3.8) is 0 Å². The normalized spacial score (nSPS) is 16.9. The second-order valence-corrected chi connectivity index (χ2v) is 6.01. The molecule has 0 radical (unpaired) electrons. The third-order valence-corrected chi connectivity index (χ3v) is 3.99. The van der Waals surface area contributed by atoms with Crippen LogP contribution in [-0.4, -0.2) is 77.3 Å². The number of aliphatic hydroxyl groups is 1. The second-order valence-electron chi connectivity index (χ2n) is 6.01. The number of hydrogen-bond acceptors (Lipinski definition) is 6. The fraction of sp³-hybridized carbons (Fsp3) is 1.00. The Balaban J connectivity index is 1.74. The third kappa shape index (κ3) is 14.1. The zero-order valence-corrected chi connectivity index (χ0v) is 15.1. The molecule has 6 heteroatoms. The van der Waals surface area contributed by atoms with E-state index < -0.39 is 0 Å². The van der Waals surface area contributed by atoms with E-state index in [1.54, 1.807) is 0 Å². The summed E-state index contributed by atoms with van der Waals surface area (Å²) in [6.45, 7) is 5.04. The van der Waals surface area contributed by atoms with Crippen LogP contribution in [0.4, 0.5) is 0 Å². The molecule has 6 nitrogen and oxygen atoms in total. The molecule has 0 aromatic rings. The van der Waals surface area contributed by atoms with Gasteiger partial charge < -0.3 is 28.8 Å². The van der Waals surface area contributed by atoms with Crippen LogP contribution in [0, 0.1) is 0 Å². The first kappa shape index (κ1) is 21.8. The van der Waals surface area contributed by atoms with Gasteiger partial charge in [0.1, 0.15) is 0 Å². The highest BCUT2D eigenvalue weighted by Crippen LogP contribution is 2.19. The van der Waals surface area contributed by atoms with Crippen molar-refractivity contribution in [3.8, 4) is 0 Å². The van der Waals surface area contributed by atoms with Crippen molar-refractivity contribution in [2.24, 2.45) is 0 Å². The number of hydrogen-bond donors (Lipinski definition) is 1. The minimum absolute atomic E-state index is 0.0504. The lowest BCUT2D eigenvalue weighted by Crippen LogP contribution is -2.18. The highest BCUT2D eigenvalue weighted by molar-refractivity contribution is 4.62. The predicted octanol–water partition coefficient (Wildman–Crippen LogP) is 2.17. The van der Waals surface area contributed by atoms with Gasteiger partial charge in [0.25, 0.3) is 0 Å². The Morgan fingerprint density at radius 1 is 0.542 bits per heavy atom. The van der Waals surface area contributed by atoms with Gasteiger partial charge in [-0.25, -0.2) is 0 Å². The maximum Gasteiger partial charge on any atom is 0.0704 e. The van der Waals surface area contributed by atoms with Crippen molar-refractivity contribution in [1.29, 1.82) is 0 Å². The Kier molecular flexibility index (Phi) is 16.0. The SMILES string of the molecule is OCCOCCOCCOCCOCCOC1CCCCCCC1. The van der Waals surface area contributed by atoms with Crippen LogP contribution in [0.5, 0.6) is 0 Å². The third-order valence-electron chi connectivity index (χ3n) is 3.99. The van der Waals surface area contributed by atoms with E-state index in [-0.39, 0.29) is 6.61 Å². The molecule has 0 saturated heterocycles. The second kappa shape index (κ2) is 17.6. The van der Waals surface area contributed by atoms with E-state index in [9.17, 15) is 0 Å². The molecular weight excluding hydrogens is 312 g/mol. The van der Waals surface area contributed by atoms with Gasteiger partial charge in [0.05, 0.1) is 72.2 Å². The summed E-state index contributed by atoms with van der Waals surface area (Å²) in [6.07, 6.45) is 9.54. The quantitative estimate of drug-likeness (QED) is 0.458. The average Bonchev–Trinajstić information content (AvgIpc) is 2.56. The molecule has 24 heavy (non-hydrogen) atoms. The van der Waals surface area contributed by atoms with Gasteiger partial charge in [0, 0.05) is 0 Å². The summed E-state index contributed by atoms with van der Waals surface area (Å²) in [5.74, 6) is 0. The van der Waals surface area contributed by atoms with Crippen molar-refractivity contribution in [2.45, 2.75) is 51.0 Å². The Bertz CT molecular complexity index is 244. The number of ether oxygens (including phenoxy) is 5. The zero-order valence-electron chi connectivity index (χ0n) is 15.1. The van der Waals surface area contributed by atoms with Crippen molar-refractivity contribution in [1.82, 2.24) is 0 Å². The number of aliphatic hydroxyl groups excluding tert-OH is 1. The van der Waals surface area contributed by atoms with Crippen LogP contribution >= 0.6 is 0 Å². The first-order valence-electron chi connectivity index (χ1n) is 9.47. The summed E-state index contributed by atoms with van der Waals surface area (Å²) in [4.78, 5) is 0. The molecule has 0 unspecified atom stereocenters. The maximum absolute atomic E-state index is 8.53. The molecule has 0 aliphatic heterocycles. The molecule has 1 N–H and O–H groups in total. The maximum atomic E-state index is 8.53. The van der Waals surface area contributed by atoms with Crippen LogP contribution in [0.25, 0.3) is 0 Å². The molecule has 1 aliphatic rings. The van der Waals surface area contributed by atoms with E-state index in [1.165, 1.54) is 44.9 Å². The van der Waals surface area contributed by atoms with Crippen LogP contribution in [-0.2, 0) is 23.7 Å². The minimum Gasteiger partial charge on any atom is -0.394 e. The van der Waals surface area contributed by atoms with Gasteiger partial charge in [0.2, 0.25) is 0 Å². The topological polar surface area (TPSA) is 66.4 Å². The lowest BCUT2D eigenvalue weighted by molar-refractivity contribution is -0.0279. The van der Waals surface area contributed by atoms with Gasteiger partial charge in [-0.2, -0.15) is 0 Å². The van der Waals surface area contributed by atoms with Gasteiger partial charge in [-0.05, 0) is 12.8 Å². The van der Waals surface area contributed by atoms with Crippen LogP contribution < -0.4 is 0 Å². The van der Waals surface area contributed by atoms with Gasteiger partial charge >= 0.3 is 0 Å². The molecule has 0 aromatic heterocycles. The largest absolute Gasteiger partial charge is 0.394 e. The fourth-order valence-electron chi connectivity index (χ4n) is 2.69. The predicted molar refractivity (Wildman–Crippen MR) is 92.4 cm³/mol. The Hall–Kier alpha value is -0.240. The number of rotatable bonds is 15. The summed E-state index contributed by atoms with van der Waals surface area (Å²) in [6, 6.07) is 0. The van der Waals surface area contributed by atoms with Crippen LogP contribution in [0.1, 0.15) is 44.9 Å². The highest BCUT2D eigenvalue weighted by atomic mass is 16.6. The Morgan fingerprint density at radius 2 is 0.958 bits per heavy atom. The summed E-state index contributed by atoms with van der Waals surface area (Å²) < 4.78 is 27.2. The molecule has 0 bridgehead atoms. The lowest BCUT2D eigenvalue weighted by atomic mass is 9.99. The zero-order chi connectivity index (χ0) is 17.1. The molecule has 0 aromatic carbocycles. The van der Waals surface area contributed by atoms with Crippen molar-refractivity contribution < 1.29 is 28.8 Å². The summed E-state index contributed by atoms with van der Waals surface area (Å²) in [5.41, 5.74) is 0. The average molecular weight is 348 g/mol. The van der Waals surface area contributed by atoms with Gasteiger partial charge in [0.15, 0.2) is 0 Å². The molecule has 0 atom stereocenters. The Morgan fingerprint density at radius 3 is 1.46 bits per heavy atom. The fourth-order valence-corrected chi connectivity index (χ4v) is 2.69. The van der Waals surface area contributed by atoms with Crippen molar-refractivity contribution >= 4 is 0 Å². The molecule has 1 fully saturated rings. The van der Waals surface area contributed by atoms with Crippen LogP contribution in [0.15, 0.2) is 0 Å². The summed E-state index contributed by atoms with van der Waals surface area (Å²) >= 11 is 0. The van der Waals surface area contributed by atoms with Crippen LogP contribution in [0.2, 0.25) is 0 Å². The minimum atomic E-state index is 0.0504. The van der Waals surface area contributed by atoms with E-state index in [0.717, 1.165) is 0 Å². The first-order chi connectivity index (χ1) is 11.9. The summed E-state index contributed by atoms with van der Waals surface area (Å²) in [7, 11) is 0. The smallest absolute Gasteiger partial charge is 0.0704 e. The monoisotopic (exact) mass is 348 g/mol. The molecule has 1 saturated carbocycles. The van der Waals surface area contributed by atoms with E-state index in [1.807, 2.05) is 0 Å². The lowest BCUT2D eigenvalue weighted by Gasteiger charge is -2.20. The molecule has 1 aliphatic carbocycles. The molecule has 144 valence electrons. The van der Waals surface area contributed by atoms with Gasteiger partial charge in [-0.3, -0.25) is 0 Å².